The number of hydrogen-bond acceptors (Lipinski definition) is 4. The summed E-state index contributed by atoms with van der Waals surface area (Å²) in [6.45, 7) is 0.100. The molecule has 1 amide bonds. The number of carbonyl (C=O) groups excluding carboxylic acids is 1. The Bertz CT molecular complexity index is 913. The van der Waals surface area contributed by atoms with Gasteiger partial charge in [0.2, 0.25) is 5.91 Å². The van der Waals surface area contributed by atoms with Crippen LogP contribution < -0.4 is 19.5 Å². The van der Waals surface area contributed by atoms with Gasteiger partial charge < -0.3 is 19.5 Å². The third kappa shape index (κ3) is 5.80. The van der Waals surface area contributed by atoms with Crippen molar-refractivity contribution in [3.05, 3.63) is 58.1 Å². The van der Waals surface area contributed by atoms with Crippen molar-refractivity contribution in [2.24, 2.45) is 0 Å². The normalized spacial score (nSPS) is 11.4. The van der Waals surface area contributed by atoms with Gasteiger partial charge in [0.15, 0.2) is 11.5 Å². The first kappa shape index (κ1) is 22.4. The number of amides is 1. The molecule has 0 aliphatic carbocycles. The van der Waals surface area contributed by atoms with Crippen molar-refractivity contribution in [3.63, 3.8) is 0 Å². The van der Waals surface area contributed by atoms with Crippen LogP contribution in [-0.4, -0.2) is 27.2 Å². The van der Waals surface area contributed by atoms with E-state index in [9.17, 15) is 18.0 Å². The maximum absolute atomic E-state index is 12.8. The Labute approximate surface area is 171 Å². The quantitative estimate of drug-likeness (QED) is 0.647. The van der Waals surface area contributed by atoms with Crippen molar-refractivity contribution in [2.75, 3.05) is 21.3 Å². The van der Waals surface area contributed by atoms with E-state index in [1.807, 2.05) is 0 Å². The number of carbonyl (C=O) groups is 1. The highest BCUT2D eigenvalue weighted by Crippen LogP contribution is 2.34. The lowest BCUT2D eigenvalue weighted by molar-refractivity contribution is -0.137. The highest BCUT2D eigenvalue weighted by Gasteiger charge is 2.30. The average molecular weight is 430 g/mol. The molecular weight excluding hydrogens is 411 g/mol. The molecule has 29 heavy (non-hydrogen) atoms. The van der Waals surface area contributed by atoms with Crippen LogP contribution in [0.2, 0.25) is 5.02 Å². The molecule has 2 aromatic carbocycles. The summed E-state index contributed by atoms with van der Waals surface area (Å²) in [5, 5.41) is 2.73. The van der Waals surface area contributed by atoms with E-state index in [1.165, 1.54) is 27.4 Å². The Morgan fingerprint density at radius 2 is 1.66 bits per heavy atom. The zero-order valence-electron chi connectivity index (χ0n) is 15.9. The number of halogens is 4. The number of hydrogen-bond donors (Lipinski definition) is 1. The molecular formula is C20H19ClF3NO4. The van der Waals surface area contributed by atoms with E-state index in [4.69, 9.17) is 25.8 Å². The highest BCUT2D eigenvalue weighted by atomic mass is 35.5. The van der Waals surface area contributed by atoms with Gasteiger partial charge in [0.05, 0.1) is 26.9 Å². The molecule has 0 spiro atoms. The monoisotopic (exact) mass is 429 g/mol. The number of benzene rings is 2. The van der Waals surface area contributed by atoms with Crippen molar-refractivity contribution in [1.29, 1.82) is 0 Å². The molecule has 5 nitrogen and oxygen atoms in total. The predicted molar refractivity (Wildman–Crippen MR) is 103 cm³/mol. The lowest BCUT2D eigenvalue weighted by Crippen LogP contribution is -2.20. The summed E-state index contributed by atoms with van der Waals surface area (Å²) in [6.07, 6.45) is -2.17. The minimum Gasteiger partial charge on any atom is -0.496 e. The standard InChI is InChI=1S/C20H19ClF3NO4/c1-27-16-10-18(29-3)17(28-2)9-13(16)11-25-19(26)7-4-12-8-14(20(22,23)24)5-6-15(12)21/h4-10H,11H2,1-3H3,(H,25,26)/b7-4+. The fourth-order valence-electron chi connectivity index (χ4n) is 2.49. The summed E-state index contributed by atoms with van der Waals surface area (Å²) in [7, 11) is 4.44. The van der Waals surface area contributed by atoms with Crippen molar-refractivity contribution in [3.8, 4) is 17.2 Å². The van der Waals surface area contributed by atoms with Crippen LogP contribution in [0.1, 0.15) is 16.7 Å². The molecule has 9 heteroatoms. The highest BCUT2D eigenvalue weighted by molar-refractivity contribution is 6.32. The second-order valence-electron chi connectivity index (χ2n) is 5.80. The first-order valence-electron chi connectivity index (χ1n) is 8.31. The molecule has 0 saturated carbocycles. The Morgan fingerprint density at radius 3 is 2.24 bits per heavy atom. The SMILES string of the molecule is COc1cc(OC)c(OC)cc1CNC(=O)/C=C/c1cc(C(F)(F)F)ccc1Cl. The third-order valence-corrected chi connectivity index (χ3v) is 4.32. The number of methoxy groups -OCH3 is 3. The molecule has 2 rings (SSSR count). The zero-order chi connectivity index (χ0) is 21.6. The molecule has 0 atom stereocenters. The molecule has 0 unspecified atom stereocenters. The molecule has 0 aliphatic rings. The summed E-state index contributed by atoms with van der Waals surface area (Å²) in [6, 6.07) is 6.17. The molecule has 0 bridgehead atoms. The largest absolute Gasteiger partial charge is 0.496 e. The third-order valence-electron chi connectivity index (χ3n) is 3.98. The van der Waals surface area contributed by atoms with Crippen LogP contribution in [0.5, 0.6) is 17.2 Å². The van der Waals surface area contributed by atoms with Crippen LogP contribution in [0.25, 0.3) is 6.08 Å². The number of alkyl halides is 3. The molecule has 156 valence electrons. The number of ether oxygens (including phenoxy) is 3. The molecule has 0 radical (unpaired) electrons. The fraction of sp³-hybridized carbons (Fsp3) is 0.250. The van der Waals surface area contributed by atoms with Crippen molar-refractivity contribution in [2.45, 2.75) is 12.7 Å². The maximum Gasteiger partial charge on any atom is 0.416 e. The van der Waals surface area contributed by atoms with Crippen molar-refractivity contribution < 1.29 is 32.2 Å². The molecule has 0 saturated heterocycles. The minimum atomic E-state index is -4.50. The van der Waals surface area contributed by atoms with Crippen LogP contribution in [0.3, 0.4) is 0 Å². The van der Waals surface area contributed by atoms with E-state index in [1.54, 1.807) is 12.1 Å². The second kappa shape index (κ2) is 9.56. The van der Waals surface area contributed by atoms with Gasteiger partial charge in [0, 0.05) is 29.3 Å². The summed E-state index contributed by atoms with van der Waals surface area (Å²) < 4.78 is 54.2. The lowest BCUT2D eigenvalue weighted by atomic mass is 10.1. The van der Waals surface area contributed by atoms with E-state index >= 15 is 0 Å². The number of nitrogens with one attached hydrogen (secondary N) is 1. The Morgan fingerprint density at radius 1 is 1.03 bits per heavy atom. The van der Waals surface area contributed by atoms with Gasteiger partial charge in [-0.15, -0.1) is 0 Å². The summed E-state index contributed by atoms with van der Waals surface area (Å²) >= 11 is 5.91. The van der Waals surface area contributed by atoms with Gasteiger partial charge in [-0.1, -0.05) is 11.6 Å². The predicted octanol–water partition coefficient (Wildman–Crippen LogP) is 4.71. The van der Waals surface area contributed by atoms with Gasteiger partial charge in [-0.2, -0.15) is 13.2 Å². The average Bonchev–Trinajstić information content (AvgIpc) is 2.69. The summed E-state index contributed by atoms with van der Waals surface area (Å²) in [5.74, 6) is 0.894. The van der Waals surface area contributed by atoms with Gasteiger partial charge in [-0.25, -0.2) is 0 Å². The Hall–Kier alpha value is -2.87. The lowest BCUT2D eigenvalue weighted by Gasteiger charge is -2.14. The summed E-state index contributed by atoms with van der Waals surface area (Å²) in [4.78, 5) is 12.1. The topological polar surface area (TPSA) is 56.8 Å². The maximum atomic E-state index is 12.8. The molecule has 0 aliphatic heterocycles. The van der Waals surface area contributed by atoms with E-state index < -0.39 is 17.6 Å². The first-order chi connectivity index (χ1) is 13.7. The minimum absolute atomic E-state index is 0.0836. The molecule has 0 heterocycles. The van der Waals surface area contributed by atoms with Crippen molar-refractivity contribution >= 4 is 23.6 Å². The second-order valence-corrected chi connectivity index (χ2v) is 6.21. The van der Waals surface area contributed by atoms with E-state index in [2.05, 4.69) is 5.32 Å². The zero-order valence-corrected chi connectivity index (χ0v) is 16.6. The smallest absolute Gasteiger partial charge is 0.416 e. The Kier molecular flexibility index (Phi) is 7.39. The van der Waals surface area contributed by atoms with Crippen molar-refractivity contribution in [1.82, 2.24) is 5.32 Å². The summed E-state index contributed by atoms with van der Waals surface area (Å²) in [5.41, 5.74) is -0.138. The first-order valence-corrected chi connectivity index (χ1v) is 8.69. The van der Waals surface area contributed by atoms with E-state index in [0.29, 0.717) is 22.8 Å². The van der Waals surface area contributed by atoms with Gasteiger partial charge in [0.25, 0.3) is 0 Å². The fourth-order valence-corrected chi connectivity index (χ4v) is 2.67. The number of rotatable bonds is 7. The Balaban J connectivity index is 2.13. The van der Waals surface area contributed by atoms with Gasteiger partial charge in [-0.3, -0.25) is 4.79 Å². The van der Waals surface area contributed by atoms with E-state index in [-0.39, 0.29) is 17.1 Å². The molecule has 2 aromatic rings. The van der Waals surface area contributed by atoms with Crippen LogP contribution in [0, 0.1) is 0 Å². The van der Waals surface area contributed by atoms with Gasteiger partial charge in [-0.05, 0) is 35.9 Å². The van der Waals surface area contributed by atoms with Crippen LogP contribution in [0.4, 0.5) is 13.2 Å². The van der Waals surface area contributed by atoms with Crippen LogP contribution >= 0.6 is 11.6 Å². The van der Waals surface area contributed by atoms with Gasteiger partial charge in [0.1, 0.15) is 5.75 Å². The van der Waals surface area contributed by atoms with E-state index in [0.717, 1.165) is 24.3 Å². The molecule has 0 aromatic heterocycles. The van der Waals surface area contributed by atoms with Crippen LogP contribution in [0.15, 0.2) is 36.4 Å². The van der Waals surface area contributed by atoms with Gasteiger partial charge >= 0.3 is 6.18 Å². The molecule has 0 fully saturated rings. The molecule has 1 N–H and O–H groups in total. The van der Waals surface area contributed by atoms with Crippen LogP contribution in [-0.2, 0) is 17.5 Å².